The molecule has 10 aromatic rings. The molecule has 6 aromatic carbocycles. The highest BCUT2D eigenvalue weighted by molar-refractivity contribution is 7.26. The van der Waals surface area contributed by atoms with Gasteiger partial charge in [0.25, 0.3) is 0 Å². The van der Waals surface area contributed by atoms with Crippen LogP contribution < -0.4 is 0 Å². The van der Waals surface area contributed by atoms with E-state index in [1.807, 2.05) is 18.2 Å². The Hall–Kier alpha value is -5.76. The molecule has 0 saturated heterocycles. The van der Waals surface area contributed by atoms with Gasteiger partial charge in [0.05, 0.1) is 21.3 Å². The second-order valence-corrected chi connectivity index (χ2v) is 13.6. The van der Waals surface area contributed by atoms with E-state index in [1.54, 1.807) is 22.7 Å². The topological polar surface area (TPSA) is 56.5 Å². The Bertz CT molecular complexity index is 2760. The van der Waals surface area contributed by atoms with Gasteiger partial charge in [-0.25, -0.2) is 9.97 Å². The number of fused-ring (bicyclic) bond motifs is 7. The van der Waals surface area contributed by atoms with Gasteiger partial charge in [0.2, 0.25) is 5.95 Å². The van der Waals surface area contributed by atoms with Crippen molar-refractivity contribution < 1.29 is 0 Å². The van der Waals surface area contributed by atoms with Gasteiger partial charge in [-0.15, -0.1) is 22.7 Å². The van der Waals surface area contributed by atoms with Crippen LogP contribution >= 0.6 is 22.7 Å². The van der Waals surface area contributed by atoms with Crippen molar-refractivity contribution in [3.63, 3.8) is 0 Å². The van der Waals surface area contributed by atoms with Gasteiger partial charge in [-0.2, -0.15) is 9.97 Å². The van der Waals surface area contributed by atoms with E-state index in [0.29, 0.717) is 17.6 Å². The summed E-state index contributed by atoms with van der Waals surface area (Å²) >= 11 is 3.47. The minimum Gasteiger partial charge on any atom is -0.278 e. The summed E-state index contributed by atoms with van der Waals surface area (Å²) in [6.45, 7) is 0. The number of nitrogens with zero attached hydrogens (tertiary/aromatic N) is 5. The van der Waals surface area contributed by atoms with Gasteiger partial charge < -0.3 is 0 Å². The molecule has 0 spiro atoms. The largest absolute Gasteiger partial charge is 0.278 e. The summed E-state index contributed by atoms with van der Waals surface area (Å²) in [5.41, 5.74) is 6.12. The Balaban J connectivity index is 1.24. The smallest absolute Gasteiger partial charge is 0.238 e. The average molecular weight is 638 g/mol. The Morgan fingerprint density at radius 1 is 0.447 bits per heavy atom. The van der Waals surface area contributed by atoms with Gasteiger partial charge >= 0.3 is 0 Å². The monoisotopic (exact) mass is 637 g/mol. The molecule has 0 bridgehead atoms. The number of aromatic nitrogens is 5. The molecule has 47 heavy (non-hydrogen) atoms. The zero-order valence-electron chi connectivity index (χ0n) is 24.8. The fourth-order valence-corrected chi connectivity index (χ4v) is 8.77. The molecule has 10 rings (SSSR count). The Morgan fingerprint density at radius 2 is 1.13 bits per heavy atom. The predicted octanol–water partition coefficient (Wildman–Crippen LogP) is 10.9. The highest BCUT2D eigenvalue weighted by atomic mass is 32.1. The van der Waals surface area contributed by atoms with Crippen molar-refractivity contribution in [1.29, 1.82) is 0 Å². The second kappa shape index (κ2) is 10.4. The molecule has 0 atom stereocenters. The summed E-state index contributed by atoms with van der Waals surface area (Å²) in [6, 6.07) is 48.5. The lowest BCUT2D eigenvalue weighted by molar-refractivity contribution is 0.955. The molecule has 0 aliphatic rings. The van der Waals surface area contributed by atoms with E-state index in [2.05, 4.69) is 126 Å². The van der Waals surface area contributed by atoms with Crippen LogP contribution in [0.3, 0.4) is 0 Å². The molecule has 0 saturated carbocycles. The molecule has 0 aliphatic heterocycles. The van der Waals surface area contributed by atoms with Crippen LogP contribution in [0.4, 0.5) is 0 Å². The third-order valence-corrected chi connectivity index (χ3v) is 11.0. The standard InChI is InChI=1S/C40H23N5S2/c1-2-11-24(12-3-1)39-41-31-22-21-25(23-35(31)47-39)37-42-38(30-17-10-16-29-28-15-6-9-20-34(28)46-36(29)30)44-40(43-37)45-32-18-7-4-13-26(32)27-14-5-8-19-33(27)45/h1-23H. The van der Waals surface area contributed by atoms with Crippen LogP contribution in [-0.2, 0) is 0 Å². The molecule has 0 aliphatic carbocycles. The van der Waals surface area contributed by atoms with E-state index in [9.17, 15) is 0 Å². The number of benzene rings is 6. The third-order valence-electron chi connectivity index (χ3n) is 8.72. The van der Waals surface area contributed by atoms with Crippen molar-refractivity contribution >= 4 is 74.9 Å². The van der Waals surface area contributed by atoms with E-state index < -0.39 is 0 Å². The first kappa shape index (κ1) is 26.5. The van der Waals surface area contributed by atoms with Crippen molar-refractivity contribution in [2.24, 2.45) is 0 Å². The molecular weight excluding hydrogens is 615 g/mol. The quantitative estimate of drug-likeness (QED) is 0.193. The van der Waals surface area contributed by atoms with Crippen molar-refractivity contribution in [2.75, 3.05) is 0 Å². The zero-order valence-corrected chi connectivity index (χ0v) is 26.5. The molecule has 0 fully saturated rings. The van der Waals surface area contributed by atoms with Gasteiger partial charge in [0, 0.05) is 47.6 Å². The van der Waals surface area contributed by atoms with E-state index >= 15 is 0 Å². The van der Waals surface area contributed by atoms with E-state index in [1.165, 1.54) is 20.2 Å². The molecule has 0 N–H and O–H groups in total. The third kappa shape index (κ3) is 4.21. The number of thiophene rings is 1. The maximum atomic E-state index is 5.24. The summed E-state index contributed by atoms with van der Waals surface area (Å²) < 4.78 is 5.68. The molecule has 5 nitrogen and oxygen atoms in total. The fraction of sp³-hybridized carbons (Fsp3) is 0. The zero-order chi connectivity index (χ0) is 30.9. The predicted molar refractivity (Wildman–Crippen MR) is 197 cm³/mol. The molecule has 0 unspecified atom stereocenters. The Labute approximate surface area is 277 Å². The molecule has 0 radical (unpaired) electrons. The molecule has 4 heterocycles. The number of para-hydroxylation sites is 2. The second-order valence-electron chi connectivity index (χ2n) is 11.5. The first-order chi connectivity index (χ1) is 23.3. The number of hydrogen-bond acceptors (Lipinski definition) is 6. The molecular formula is C40H23N5S2. The minimum absolute atomic E-state index is 0.592. The van der Waals surface area contributed by atoms with Crippen LogP contribution in [-0.4, -0.2) is 24.5 Å². The first-order valence-corrected chi connectivity index (χ1v) is 17.0. The number of hydrogen-bond donors (Lipinski definition) is 0. The fourth-order valence-electron chi connectivity index (χ4n) is 6.54. The van der Waals surface area contributed by atoms with E-state index in [-0.39, 0.29) is 0 Å². The lowest BCUT2D eigenvalue weighted by atomic mass is 10.1. The highest BCUT2D eigenvalue weighted by Crippen LogP contribution is 2.40. The summed E-state index contributed by atoms with van der Waals surface area (Å²) in [4.78, 5) is 20.5. The van der Waals surface area contributed by atoms with Crippen molar-refractivity contribution in [1.82, 2.24) is 24.5 Å². The average Bonchev–Trinajstić information content (AvgIpc) is 3.83. The van der Waals surface area contributed by atoms with Crippen LogP contribution in [0, 0.1) is 0 Å². The first-order valence-electron chi connectivity index (χ1n) is 15.4. The molecule has 7 heteroatoms. The lowest BCUT2D eigenvalue weighted by Gasteiger charge is -2.11. The Kier molecular flexibility index (Phi) is 5.85. The van der Waals surface area contributed by atoms with Crippen LogP contribution in [0.5, 0.6) is 0 Å². The van der Waals surface area contributed by atoms with Gasteiger partial charge in [-0.1, -0.05) is 97.1 Å². The van der Waals surface area contributed by atoms with Gasteiger partial charge in [0.1, 0.15) is 5.01 Å². The number of thiazole rings is 1. The summed E-state index contributed by atoms with van der Waals surface area (Å²) in [7, 11) is 0. The van der Waals surface area contributed by atoms with Crippen molar-refractivity contribution in [3.8, 4) is 39.3 Å². The minimum atomic E-state index is 0.592. The van der Waals surface area contributed by atoms with Crippen molar-refractivity contribution in [2.45, 2.75) is 0 Å². The molecule has 220 valence electrons. The van der Waals surface area contributed by atoms with Gasteiger partial charge in [-0.05, 0) is 42.5 Å². The summed E-state index contributed by atoms with van der Waals surface area (Å²) in [5, 5.41) is 5.78. The maximum absolute atomic E-state index is 5.24. The highest BCUT2D eigenvalue weighted by Gasteiger charge is 2.20. The number of rotatable bonds is 4. The normalized spacial score (nSPS) is 11.8. The van der Waals surface area contributed by atoms with Crippen molar-refractivity contribution in [3.05, 3.63) is 140 Å². The summed E-state index contributed by atoms with van der Waals surface area (Å²) in [6.07, 6.45) is 0. The molecule has 4 aromatic heterocycles. The van der Waals surface area contributed by atoms with Crippen LogP contribution in [0.25, 0.3) is 91.5 Å². The maximum Gasteiger partial charge on any atom is 0.238 e. The Morgan fingerprint density at radius 3 is 1.94 bits per heavy atom. The van der Waals surface area contributed by atoms with E-state index in [0.717, 1.165) is 53.7 Å². The summed E-state index contributed by atoms with van der Waals surface area (Å²) in [5.74, 6) is 1.87. The SMILES string of the molecule is c1ccc(-c2nc3ccc(-c4nc(-c5cccc6c5sc5ccccc56)nc(-n5c6ccccc6c6ccccc65)n4)cc3s2)cc1. The lowest BCUT2D eigenvalue weighted by Crippen LogP contribution is -2.06. The van der Waals surface area contributed by atoms with Gasteiger partial charge in [0.15, 0.2) is 11.6 Å². The van der Waals surface area contributed by atoms with Crippen LogP contribution in [0.1, 0.15) is 0 Å². The van der Waals surface area contributed by atoms with E-state index in [4.69, 9.17) is 19.9 Å². The van der Waals surface area contributed by atoms with Crippen LogP contribution in [0.2, 0.25) is 0 Å². The van der Waals surface area contributed by atoms with Gasteiger partial charge in [-0.3, -0.25) is 4.57 Å². The van der Waals surface area contributed by atoms with Crippen LogP contribution in [0.15, 0.2) is 140 Å². The molecule has 0 amide bonds.